The lowest BCUT2D eigenvalue weighted by molar-refractivity contribution is -0.143. The van der Waals surface area contributed by atoms with Crippen LogP contribution in [0.25, 0.3) is 0 Å². The first-order valence-electron chi connectivity index (χ1n) is 4.09. The van der Waals surface area contributed by atoms with E-state index in [0.29, 0.717) is 0 Å². The van der Waals surface area contributed by atoms with Crippen LogP contribution in [-0.4, -0.2) is 49.5 Å². The molecule has 0 bridgehead atoms. The monoisotopic (exact) mass is 214 g/mol. The van der Waals surface area contributed by atoms with E-state index in [0.717, 1.165) is 0 Å². The lowest BCUT2D eigenvalue weighted by Gasteiger charge is -2.10. The highest BCUT2D eigenvalue weighted by atomic mass is 16.4. The average molecular weight is 214 g/mol. The van der Waals surface area contributed by atoms with Crippen LogP contribution in [0.3, 0.4) is 0 Å². The van der Waals surface area contributed by atoms with Gasteiger partial charge < -0.3 is 15.5 Å². The van der Waals surface area contributed by atoms with Crippen molar-refractivity contribution >= 4 is 11.9 Å². The van der Waals surface area contributed by atoms with E-state index in [4.69, 9.17) is 10.2 Å². The van der Waals surface area contributed by atoms with E-state index in [1.807, 2.05) is 0 Å². The molecule has 0 fully saturated rings. The zero-order valence-corrected chi connectivity index (χ0v) is 7.70. The smallest absolute Gasteiger partial charge is 0.328 e. The predicted molar refractivity (Wildman–Crippen MR) is 46.7 cm³/mol. The van der Waals surface area contributed by atoms with Crippen molar-refractivity contribution in [1.82, 2.24) is 20.1 Å². The number of aliphatic hydroxyl groups excluding tert-OH is 1. The summed E-state index contributed by atoms with van der Waals surface area (Å²) in [5, 5.41) is 23.0. The second-order valence-electron chi connectivity index (χ2n) is 2.73. The summed E-state index contributed by atoms with van der Waals surface area (Å²) in [6.45, 7) is -0.789. The van der Waals surface area contributed by atoms with Gasteiger partial charge in [-0.25, -0.2) is 14.5 Å². The summed E-state index contributed by atoms with van der Waals surface area (Å²) in [5.41, 5.74) is 0. The van der Waals surface area contributed by atoms with Gasteiger partial charge in [-0.15, -0.1) is 0 Å². The minimum Gasteiger partial charge on any atom is -0.480 e. The van der Waals surface area contributed by atoms with Crippen LogP contribution >= 0.6 is 0 Å². The van der Waals surface area contributed by atoms with Crippen molar-refractivity contribution in [3.05, 3.63) is 12.7 Å². The van der Waals surface area contributed by atoms with Gasteiger partial charge >= 0.3 is 5.97 Å². The van der Waals surface area contributed by atoms with Gasteiger partial charge in [0, 0.05) is 0 Å². The van der Waals surface area contributed by atoms with Gasteiger partial charge in [-0.1, -0.05) is 0 Å². The molecule has 82 valence electrons. The van der Waals surface area contributed by atoms with Gasteiger partial charge in [0.15, 0.2) is 0 Å². The molecule has 0 saturated carbocycles. The van der Waals surface area contributed by atoms with Crippen LogP contribution in [0, 0.1) is 0 Å². The number of carboxylic acids is 1. The Hall–Kier alpha value is -1.96. The SMILES string of the molecule is O=C(Cn1cncn1)NC(CO)C(=O)O. The zero-order chi connectivity index (χ0) is 11.3. The van der Waals surface area contributed by atoms with Crippen molar-refractivity contribution in [2.45, 2.75) is 12.6 Å². The van der Waals surface area contributed by atoms with E-state index >= 15 is 0 Å². The van der Waals surface area contributed by atoms with Crippen molar-refractivity contribution in [3.8, 4) is 0 Å². The fourth-order valence-electron chi connectivity index (χ4n) is 0.887. The van der Waals surface area contributed by atoms with Gasteiger partial charge in [-0.3, -0.25) is 4.79 Å². The number of carbonyl (C=O) groups excluding carboxylic acids is 1. The average Bonchev–Trinajstić information content (AvgIpc) is 2.66. The molecule has 0 aromatic carbocycles. The highest BCUT2D eigenvalue weighted by Gasteiger charge is 2.18. The normalized spacial score (nSPS) is 12.1. The quantitative estimate of drug-likeness (QED) is 0.514. The van der Waals surface area contributed by atoms with E-state index in [2.05, 4.69) is 15.4 Å². The molecule has 1 aromatic rings. The Kier molecular flexibility index (Phi) is 3.75. The van der Waals surface area contributed by atoms with E-state index in [-0.39, 0.29) is 6.54 Å². The number of nitrogens with one attached hydrogen (secondary N) is 1. The third-order valence-electron chi connectivity index (χ3n) is 1.59. The van der Waals surface area contributed by atoms with Gasteiger partial charge in [0.25, 0.3) is 0 Å². The number of hydrogen-bond acceptors (Lipinski definition) is 5. The van der Waals surface area contributed by atoms with E-state index in [1.165, 1.54) is 17.3 Å². The molecule has 1 amide bonds. The molecule has 3 N–H and O–H groups in total. The third kappa shape index (κ3) is 3.35. The van der Waals surface area contributed by atoms with E-state index in [1.54, 1.807) is 0 Å². The molecule has 0 radical (unpaired) electrons. The van der Waals surface area contributed by atoms with Gasteiger partial charge in [0.1, 0.15) is 25.2 Å². The highest BCUT2D eigenvalue weighted by Crippen LogP contribution is 1.85. The number of aliphatic hydroxyl groups is 1. The van der Waals surface area contributed by atoms with Crippen molar-refractivity contribution in [2.75, 3.05) is 6.61 Å². The Morgan fingerprint density at radius 2 is 2.27 bits per heavy atom. The Labute approximate surface area is 84.5 Å². The molecule has 1 aromatic heterocycles. The summed E-state index contributed by atoms with van der Waals surface area (Å²) in [7, 11) is 0. The molecule has 0 aliphatic rings. The van der Waals surface area contributed by atoms with Crippen LogP contribution in [-0.2, 0) is 16.1 Å². The Morgan fingerprint density at radius 3 is 2.73 bits per heavy atom. The number of amides is 1. The molecule has 0 spiro atoms. The first kappa shape index (κ1) is 11.1. The van der Waals surface area contributed by atoms with Crippen LogP contribution < -0.4 is 5.32 Å². The molecule has 1 unspecified atom stereocenters. The summed E-state index contributed by atoms with van der Waals surface area (Å²) in [6, 6.07) is -1.29. The van der Waals surface area contributed by atoms with Crippen LogP contribution in [0.2, 0.25) is 0 Å². The lowest BCUT2D eigenvalue weighted by Crippen LogP contribution is -2.44. The Balaban J connectivity index is 2.45. The van der Waals surface area contributed by atoms with E-state index < -0.39 is 24.5 Å². The first-order chi connectivity index (χ1) is 7.13. The minimum atomic E-state index is -1.29. The number of rotatable bonds is 5. The fraction of sp³-hybridized carbons (Fsp3) is 0.429. The van der Waals surface area contributed by atoms with Crippen molar-refractivity contribution in [3.63, 3.8) is 0 Å². The minimum absolute atomic E-state index is 0.135. The number of hydrogen-bond donors (Lipinski definition) is 3. The maximum Gasteiger partial charge on any atom is 0.328 e. The maximum absolute atomic E-state index is 11.2. The van der Waals surface area contributed by atoms with Crippen molar-refractivity contribution in [2.24, 2.45) is 0 Å². The first-order valence-corrected chi connectivity index (χ1v) is 4.09. The predicted octanol–water partition coefficient (Wildman–Crippen LogP) is -2.16. The molecule has 0 aliphatic heterocycles. The topological polar surface area (TPSA) is 117 Å². The molecular weight excluding hydrogens is 204 g/mol. The van der Waals surface area contributed by atoms with Crippen molar-refractivity contribution in [1.29, 1.82) is 0 Å². The fourth-order valence-corrected chi connectivity index (χ4v) is 0.887. The summed E-state index contributed by atoms with van der Waals surface area (Å²) < 4.78 is 1.24. The third-order valence-corrected chi connectivity index (χ3v) is 1.59. The van der Waals surface area contributed by atoms with Crippen molar-refractivity contribution < 1.29 is 19.8 Å². The van der Waals surface area contributed by atoms with E-state index in [9.17, 15) is 9.59 Å². The Morgan fingerprint density at radius 1 is 1.53 bits per heavy atom. The van der Waals surface area contributed by atoms with Crippen LogP contribution in [0.1, 0.15) is 0 Å². The second-order valence-corrected chi connectivity index (χ2v) is 2.73. The Bertz CT molecular complexity index is 337. The highest BCUT2D eigenvalue weighted by molar-refractivity contribution is 5.83. The number of nitrogens with zero attached hydrogens (tertiary/aromatic N) is 3. The number of carbonyl (C=O) groups is 2. The number of aromatic nitrogens is 3. The van der Waals surface area contributed by atoms with Crippen LogP contribution in [0.15, 0.2) is 12.7 Å². The van der Waals surface area contributed by atoms with Gasteiger partial charge in [0.2, 0.25) is 5.91 Å². The molecular formula is C7H10N4O4. The summed E-state index contributed by atoms with van der Waals surface area (Å²) in [5.74, 6) is -1.84. The summed E-state index contributed by atoms with van der Waals surface area (Å²) >= 11 is 0. The van der Waals surface area contributed by atoms with Crippen LogP contribution in [0.4, 0.5) is 0 Å². The number of carboxylic acid groups (broad SMARTS) is 1. The maximum atomic E-state index is 11.2. The standard InChI is InChI=1S/C7H10N4O4/c12-2-5(7(14)15)10-6(13)1-11-4-8-3-9-11/h3-5,12H,1-2H2,(H,10,13)(H,14,15). The van der Waals surface area contributed by atoms with Gasteiger partial charge in [-0.2, -0.15) is 5.10 Å². The summed E-state index contributed by atoms with van der Waals surface area (Å²) in [6.07, 6.45) is 2.59. The molecule has 0 aliphatic carbocycles. The second kappa shape index (κ2) is 5.05. The lowest BCUT2D eigenvalue weighted by atomic mass is 10.3. The molecule has 8 nitrogen and oxygen atoms in total. The molecule has 15 heavy (non-hydrogen) atoms. The molecule has 1 rings (SSSR count). The zero-order valence-electron chi connectivity index (χ0n) is 7.70. The molecule has 1 heterocycles. The van der Waals surface area contributed by atoms with Crippen LogP contribution in [0.5, 0.6) is 0 Å². The van der Waals surface area contributed by atoms with Gasteiger partial charge in [-0.05, 0) is 0 Å². The molecule has 8 heteroatoms. The molecule has 0 saturated heterocycles. The molecule has 1 atom stereocenters. The summed E-state index contributed by atoms with van der Waals surface area (Å²) in [4.78, 5) is 25.3. The largest absolute Gasteiger partial charge is 0.480 e. The number of aliphatic carboxylic acids is 1. The van der Waals surface area contributed by atoms with Gasteiger partial charge in [0.05, 0.1) is 6.61 Å².